The van der Waals surface area contributed by atoms with Gasteiger partial charge in [0.15, 0.2) is 6.61 Å². The zero-order valence-corrected chi connectivity index (χ0v) is 15.9. The molecule has 0 unspecified atom stereocenters. The predicted molar refractivity (Wildman–Crippen MR) is 100 cm³/mol. The molecule has 0 heterocycles. The molecule has 1 atom stereocenters. The lowest BCUT2D eigenvalue weighted by Gasteiger charge is -2.12. The van der Waals surface area contributed by atoms with Gasteiger partial charge < -0.3 is 4.74 Å². The van der Waals surface area contributed by atoms with E-state index in [-0.39, 0.29) is 11.5 Å². The van der Waals surface area contributed by atoms with Gasteiger partial charge in [-0.15, -0.1) is 4.83 Å². The van der Waals surface area contributed by atoms with Gasteiger partial charge in [0.1, 0.15) is 5.75 Å². The summed E-state index contributed by atoms with van der Waals surface area (Å²) < 4.78 is 29.7. The number of rotatable bonds is 8. The van der Waals surface area contributed by atoms with Gasteiger partial charge in [0.25, 0.3) is 15.9 Å². The molecule has 0 aliphatic rings. The van der Waals surface area contributed by atoms with E-state index in [1.54, 1.807) is 36.4 Å². The van der Waals surface area contributed by atoms with Crippen molar-refractivity contribution in [2.45, 2.75) is 31.1 Å². The van der Waals surface area contributed by atoms with E-state index in [1.807, 2.05) is 10.9 Å². The van der Waals surface area contributed by atoms with Crippen LogP contribution in [0.4, 0.5) is 0 Å². The first-order valence-electron chi connectivity index (χ1n) is 8.39. The van der Waals surface area contributed by atoms with Crippen LogP contribution in [0.2, 0.25) is 0 Å². The van der Waals surface area contributed by atoms with Gasteiger partial charge in [-0.25, -0.2) is 8.42 Å². The van der Waals surface area contributed by atoms with Crippen LogP contribution in [0.25, 0.3) is 0 Å². The molecule has 0 spiro atoms. The number of nitrogens with zero attached hydrogens (tertiary/aromatic N) is 1. The van der Waals surface area contributed by atoms with Gasteiger partial charge in [0, 0.05) is 0 Å². The first kappa shape index (κ1) is 20.4. The second kappa shape index (κ2) is 9.16. The third-order valence-electron chi connectivity index (χ3n) is 4.05. The van der Waals surface area contributed by atoms with Crippen LogP contribution in [-0.2, 0) is 14.8 Å². The van der Waals surface area contributed by atoms with Crippen molar-refractivity contribution in [3.63, 3.8) is 0 Å². The second-order valence-electron chi connectivity index (χ2n) is 5.96. The van der Waals surface area contributed by atoms with Crippen LogP contribution >= 0.6 is 0 Å². The van der Waals surface area contributed by atoms with Crippen molar-refractivity contribution in [3.05, 3.63) is 59.7 Å². The van der Waals surface area contributed by atoms with Gasteiger partial charge >= 0.3 is 0 Å². The van der Waals surface area contributed by atoms with Gasteiger partial charge in [-0.05, 0) is 54.3 Å². The third-order valence-corrected chi connectivity index (χ3v) is 5.31. The Kier molecular flexibility index (Phi) is 6.93. The van der Waals surface area contributed by atoms with Crippen molar-refractivity contribution in [1.82, 2.24) is 10.3 Å². The van der Waals surface area contributed by atoms with E-state index in [0.29, 0.717) is 17.2 Å². The molecule has 8 heteroatoms. The first-order valence-corrected chi connectivity index (χ1v) is 9.87. The summed E-state index contributed by atoms with van der Waals surface area (Å²) in [5, 5.41) is 8.72. The molecule has 2 rings (SSSR count). The van der Waals surface area contributed by atoms with Crippen LogP contribution < -0.4 is 15.0 Å². The van der Waals surface area contributed by atoms with Crippen LogP contribution in [0.1, 0.15) is 37.3 Å². The maximum atomic E-state index is 12.2. The zero-order valence-electron chi connectivity index (χ0n) is 15.1. The number of hydrogen-bond donors (Lipinski definition) is 2. The van der Waals surface area contributed by atoms with Gasteiger partial charge in [0.2, 0.25) is 0 Å². The zero-order chi connectivity index (χ0) is 19.9. The maximum Gasteiger partial charge on any atom is 0.272 e. The Morgan fingerprint density at radius 3 is 2.33 bits per heavy atom. The second-order valence-corrected chi connectivity index (χ2v) is 7.64. The summed E-state index contributed by atoms with van der Waals surface area (Å²) in [4.78, 5) is 13.9. The fourth-order valence-corrected chi connectivity index (χ4v) is 3.07. The van der Waals surface area contributed by atoms with Crippen LogP contribution in [0.15, 0.2) is 53.4 Å². The number of ether oxygens (including phenoxy) is 1. The smallest absolute Gasteiger partial charge is 0.272 e. The van der Waals surface area contributed by atoms with Crippen LogP contribution in [0, 0.1) is 11.3 Å². The Labute approximate surface area is 159 Å². The Bertz CT molecular complexity index is 917. The molecule has 0 saturated carbocycles. The molecule has 142 valence electrons. The largest absolute Gasteiger partial charge is 0.484 e. The summed E-state index contributed by atoms with van der Waals surface area (Å²) in [5.41, 5.74) is 3.63. The van der Waals surface area contributed by atoms with E-state index < -0.39 is 15.9 Å². The summed E-state index contributed by atoms with van der Waals surface area (Å²) in [6, 6.07) is 14.7. The van der Waals surface area contributed by atoms with Crippen molar-refractivity contribution in [2.24, 2.45) is 0 Å². The molecule has 0 saturated heterocycles. The number of nitriles is 1. The minimum atomic E-state index is -3.87. The standard InChI is InChI=1S/C19H21N3O4S/c1-3-14(2)16-6-10-18(11-7-16)27(24,25)22-21-19(23)13-26-17-8-4-15(12-20)5-9-17/h4-11,14,22H,3,13H2,1-2H3,(H,21,23)/t14-/m0/s1. The lowest BCUT2D eigenvalue weighted by atomic mass is 9.99. The number of sulfonamides is 1. The molecule has 2 aromatic rings. The molecule has 2 N–H and O–H groups in total. The van der Waals surface area contributed by atoms with Crippen molar-refractivity contribution < 1.29 is 17.9 Å². The molecule has 0 fully saturated rings. The van der Waals surface area contributed by atoms with E-state index in [0.717, 1.165) is 12.0 Å². The minimum Gasteiger partial charge on any atom is -0.484 e. The third kappa shape index (κ3) is 5.81. The molecular weight excluding hydrogens is 366 g/mol. The van der Waals surface area contributed by atoms with E-state index in [2.05, 4.69) is 19.3 Å². The number of hydrazine groups is 1. The average molecular weight is 387 g/mol. The molecule has 0 aromatic heterocycles. The lowest BCUT2D eigenvalue weighted by Crippen LogP contribution is -2.43. The molecule has 1 amide bonds. The number of carbonyl (C=O) groups is 1. The molecular formula is C19H21N3O4S. The topological polar surface area (TPSA) is 108 Å². The monoisotopic (exact) mass is 387 g/mol. The normalized spacial score (nSPS) is 12.0. The predicted octanol–water partition coefficient (Wildman–Crippen LogP) is 2.46. The number of amides is 1. The highest BCUT2D eigenvalue weighted by Gasteiger charge is 2.16. The fraction of sp³-hybridized carbons (Fsp3) is 0.263. The van der Waals surface area contributed by atoms with E-state index in [4.69, 9.17) is 10.00 Å². The van der Waals surface area contributed by atoms with E-state index in [1.165, 1.54) is 12.1 Å². The summed E-state index contributed by atoms with van der Waals surface area (Å²) in [7, 11) is -3.87. The van der Waals surface area contributed by atoms with E-state index in [9.17, 15) is 13.2 Å². The number of hydrogen-bond acceptors (Lipinski definition) is 5. The van der Waals surface area contributed by atoms with Gasteiger partial charge in [0.05, 0.1) is 16.5 Å². The Morgan fingerprint density at radius 1 is 1.15 bits per heavy atom. The molecule has 0 radical (unpaired) electrons. The minimum absolute atomic E-state index is 0.0582. The van der Waals surface area contributed by atoms with Crippen molar-refractivity contribution >= 4 is 15.9 Å². The van der Waals surface area contributed by atoms with Crippen molar-refractivity contribution in [1.29, 1.82) is 5.26 Å². The highest BCUT2D eigenvalue weighted by molar-refractivity contribution is 7.89. The molecule has 0 aliphatic carbocycles. The van der Waals surface area contributed by atoms with Gasteiger partial charge in [-0.2, -0.15) is 5.26 Å². The number of benzene rings is 2. The highest BCUT2D eigenvalue weighted by Crippen LogP contribution is 2.20. The fourth-order valence-electron chi connectivity index (χ4n) is 2.20. The summed E-state index contributed by atoms with van der Waals surface area (Å²) in [6.45, 7) is 3.75. The number of nitrogens with one attached hydrogen (secondary N) is 2. The molecule has 0 aliphatic heterocycles. The Balaban J connectivity index is 1.88. The molecule has 7 nitrogen and oxygen atoms in total. The van der Waals surface area contributed by atoms with Crippen molar-refractivity contribution in [2.75, 3.05) is 6.61 Å². The van der Waals surface area contributed by atoms with Crippen LogP contribution in [0.3, 0.4) is 0 Å². The summed E-state index contributed by atoms with van der Waals surface area (Å²) >= 11 is 0. The van der Waals surface area contributed by atoms with Gasteiger partial charge in [-0.3, -0.25) is 10.2 Å². The number of carbonyl (C=O) groups excluding carboxylic acids is 1. The maximum absolute atomic E-state index is 12.2. The van der Waals surface area contributed by atoms with Crippen LogP contribution in [0.5, 0.6) is 5.75 Å². The van der Waals surface area contributed by atoms with Crippen LogP contribution in [-0.4, -0.2) is 20.9 Å². The summed E-state index contributed by atoms with van der Waals surface area (Å²) in [6.07, 6.45) is 0.958. The summed E-state index contributed by atoms with van der Waals surface area (Å²) in [5.74, 6) is 0.0839. The molecule has 27 heavy (non-hydrogen) atoms. The average Bonchev–Trinajstić information content (AvgIpc) is 2.70. The van der Waals surface area contributed by atoms with Crippen molar-refractivity contribution in [3.8, 4) is 11.8 Å². The quantitative estimate of drug-likeness (QED) is 0.677. The van der Waals surface area contributed by atoms with E-state index >= 15 is 0 Å². The lowest BCUT2D eigenvalue weighted by molar-refractivity contribution is -0.123. The molecule has 0 bridgehead atoms. The Hall–Kier alpha value is -2.89. The highest BCUT2D eigenvalue weighted by atomic mass is 32.2. The van der Waals surface area contributed by atoms with Gasteiger partial charge in [-0.1, -0.05) is 26.0 Å². The SMILES string of the molecule is CC[C@H](C)c1ccc(S(=O)(=O)NNC(=O)COc2ccc(C#N)cc2)cc1. The molecule has 2 aromatic carbocycles. The Morgan fingerprint density at radius 2 is 1.78 bits per heavy atom. The first-order chi connectivity index (χ1) is 12.9.